The Labute approximate surface area is 133 Å². The standard InChI is InChI=1S/C15H21IN4/c1-11-15(16)12(2)20(17-11)10-13-8-9-19(18-13)14-6-4-3-5-7-14/h8-9,14H,3-7,10H2,1-2H3. The highest BCUT2D eigenvalue weighted by molar-refractivity contribution is 14.1. The second kappa shape index (κ2) is 5.87. The summed E-state index contributed by atoms with van der Waals surface area (Å²) >= 11 is 2.36. The van der Waals surface area contributed by atoms with E-state index in [0.717, 1.165) is 17.9 Å². The zero-order valence-corrected chi connectivity index (χ0v) is 14.3. The first kappa shape index (κ1) is 14.1. The molecule has 4 nitrogen and oxygen atoms in total. The smallest absolute Gasteiger partial charge is 0.0853 e. The van der Waals surface area contributed by atoms with E-state index < -0.39 is 0 Å². The van der Waals surface area contributed by atoms with Gasteiger partial charge in [0, 0.05) is 11.9 Å². The molecule has 0 amide bonds. The average Bonchev–Trinajstić information content (AvgIpc) is 3.02. The van der Waals surface area contributed by atoms with Crippen LogP contribution in [0.15, 0.2) is 12.3 Å². The van der Waals surface area contributed by atoms with E-state index in [1.165, 1.54) is 41.4 Å². The monoisotopic (exact) mass is 384 g/mol. The van der Waals surface area contributed by atoms with E-state index in [2.05, 4.69) is 63.2 Å². The fourth-order valence-corrected chi connectivity index (χ4v) is 3.38. The molecule has 1 fully saturated rings. The Hall–Kier alpha value is -0.850. The van der Waals surface area contributed by atoms with Crippen LogP contribution in [0.1, 0.15) is 55.2 Å². The molecule has 5 heteroatoms. The number of aromatic nitrogens is 4. The summed E-state index contributed by atoms with van der Waals surface area (Å²) in [5, 5.41) is 9.35. The molecule has 2 aromatic rings. The highest BCUT2D eigenvalue weighted by Gasteiger charge is 2.16. The van der Waals surface area contributed by atoms with Gasteiger partial charge in [-0.05, 0) is 55.3 Å². The largest absolute Gasteiger partial charge is 0.269 e. The molecule has 0 spiro atoms. The summed E-state index contributed by atoms with van der Waals surface area (Å²) in [5.41, 5.74) is 3.45. The van der Waals surface area contributed by atoms with Crippen LogP contribution in [-0.2, 0) is 6.54 Å². The number of halogens is 1. The molecule has 0 unspecified atom stereocenters. The van der Waals surface area contributed by atoms with Gasteiger partial charge in [0.1, 0.15) is 0 Å². The molecule has 2 heterocycles. The maximum absolute atomic E-state index is 4.76. The van der Waals surface area contributed by atoms with Crippen molar-refractivity contribution in [2.45, 2.75) is 58.5 Å². The fraction of sp³-hybridized carbons (Fsp3) is 0.600. The fourth-order valence-electron chi connectivity index (χ4n) is 2.99. The molecule has 2 aromatic heterocycles. The van der Waals surface area contributed by atoms with Gasteiger partial charge in [0.25, 0.3) is 0 Å². The lowest BCUT2D eigenvalue weighted by atomic mass is 9.96. The summed E-state index contributed by atoms with van der Waals surface area (Å²) in [6, 6.07) is 2.75. The van der Waals surface area contributed by atoms with E-state index in [1.807, 2.05) is 0 Å². The summed E-state index contributed by atoms with van der Waals surface area (Å²) in [6.45, 7) is 4.96. The predicted molar refractivity (Wildman–Crippen MR) is 87.9 cm³/mol. The lowest BCUT2D eigenvalue weighted by Crippen LogP contribution is -2.14. The van der Waals surface area contributed by atoms with E-state index in [-0.39, 0.29) is 0 Å². The topological polar surface area (TPSA) is 35.6 Å². The van der Waals surface area contributed by atoms with Crippen LogP contribution < -0.4 is 0 Å². The Balaban J connectivity index is 1.75. The molecule has 1 aliphatic rings. The zero-order valence-electron chi connectivity index (χ0n) is 12.1. The van der Waals surface area contributed by atoms with Crippen molar-refractivity contribution >= 4 is 22.6 Å². The second-order valence-corrected chi connectivity index (χ2v) is 6.80. The molecule has 0 radical (unpaired) electrons. The van der Waals surface area contributed by atoms with Gasteiger partial charge in [0.2, 0.25) is 0 Å². The first-order chi connectivity index (χ1) is 9.65. The lowest BCUT2D eigenvalue weighted by molar-refractivity contribution is 0.327. The van der Waals surface area contributed by atoms with Crippen molar-refractivity contribution in [2.24, 2.45) is 0 Å². The maximum atomic E-state index is 4.76. The van der Waals surface area contributed by atoms with Crippen molar-refractivity contribution in [1.29, 1.82) is 0 Å². The summed E-state index contributed by atoms with van der Waals surface area (Å²) in [7, 11) is 0. The summed E-state index contributed by atoms with van der Waals surface area (Å²) < 4.78 is 5.49. The van der Waals surface area contributed by atoms with Gasteiger partial charge >= 0.3 is 0 Å². The minimum absolute atomic E-state index is 0.609. The quantitative estimate of drug-likeness (QED) is 0.754. The maximum Gasteiger partial charge on any atom is 0.0853 e. The van der Waals surface area contributed by atoms with Gasteiger partial charge < -0.3 is 0 Å². The molecular weight excluding hydrogens is 363 g/mol. The van der Waals surface area contributed by atoms with Crippen molar-refractivity contribution in [1.82, 2.24) is 19.6 Å². The number of aryl methyl sites for hydroxylation is 1. The first-order valence-electron chi connectivity index (χ1n) is 7.38. The van der Waals surface area contributed by atoms with E-state index in [0.29, 0.717) is 6.04 Å². The molecule has 1 saturated carbocycles. The van der Waals surface area contributed by atoms with Gasteiger partial charge in [-0.2, -0.15) is 10.2 Å². The Bertz CT molecular complexity index is 593. The van der Waals surface area contributed by atoms with Crippen LogP contribution in [0, 0.1) is 17.4 Å². The molecule has 3 rings (SSSR count). The van der Waals surface area contributed by atoms with Crippen molar-refractivity contribution in [2.75, 3.05) is 0 Å². The van der Waals surface area contributed by atoms with Gasteiger partial charge in [-0.3, -0.25) is 9.36 Å². The van der Waals surface area contributed by atoms with E-state index in [4.69, 9.17) is 5.10 Å². The Morgan fingerprint density at radius 3 is 2.60 bits per heavy atom. The highest BCUT2D eigenvalue weighted by Crippen LogP contribution is 2.27. The van der Waals surface area contributed by atoms with Crippen LogP contribution in [0.3, 0.4) is 0 Å². The molecule has 1 aliphatic carbocycles. The van der Waals surface area contributed by atoms with Gasteiger partial charge in [-0.15, -0.1) is 0 Å². The minimum Gasteiger partial charge on any atom is -0.269 e. The van der Waals surface area contributed by atoms with Gasteiger partial charge in [-0.25, -0.2) is 0 Å². The van der Waals surface area contributed by atoms with E-state index in [9.17, 15) is 0 Å². The van der Waals surface area contributed by atoms with Gasteiger partial charge in [0.15, 0.2) is 0 Å². The molecule has 20 heavy (non-hydrogen) atoms. The Morgan fingerprint density at radius 2 is 1.95 bits per heavy atom. The second-order valence-electron chi connectivity index (χ2n) is 5.72. The van der Waals surface area contributed by atoms with Crippen molar-refractivity contribution in [3.05, 3.63) is 32.9 Å². The van der Waals surface area contributed by atoms with Crippen LogP contribution in [0.25, 0.3) is 0 Å². The third-order valence-corrected chi connectivity index (χ3v) is 5.78. The van der Waals surface area contributed by atoms with Crippen molar-refractivity contribution in [3.8, 4) is 0 Å². The summed E-state index contributed by atoms with van der Waals surface area (Å²) in [4.78, 5) is 0. The van der Waals surface area contributed by atoms with Gasteiger partial charge in [0.05, 0.1) is 27.5 Å². The van der Waals surface area contributed by atoms with Crippen LogP contribution in [0.4, 0.5) is 0 Å². The third-order valence-electron chi connectivity index (χ3n) is 4.22. The van der Waals surface area contributed by atoms with Crippen LogP contribution in [-0.4, -0.2) is 19.6 Å². The van der Waals surface area contributed by atoms with Crippen molar-refractivity contribution < 1.29 is 0 Å². The van der Waals surface area contributed by atoms with Crippen LogP contribution in [0.5, 0.6) is 0 Å². The van der Waals surface area contributed by atoms with E-state index in [1.54, 1.807) is 0 Å². The molecule has 0 atom stereocenters. The number of rotatable bonds is 3. The number of nitrogens with zero attached hydrogens (tertiary/aromatic N) is 4. The molecular formula is C15H21IN4. The Morgan fingerprint density at radius 1 is 1.20 bits per heavy atom. The normalized spacial score (nSPS) is 16.8. The number of hydrogen-bond donors (Lipinski definition) is 0. The molecule has 108 valence electrons. The van der Waals surface area contributed by atoms with E-state index >= 15 is 0 Å². The molecule has 0 saturated heterocycles. The molecule has 0 aliphatic heterocycles. The molecule has 0 bridgehead atoms. The Kier molecular flexibility index (Phi) is 4.14. The van der Waals surface area contributed by atoms with Crippen LogP contribution >= 0.6 is 22.6 Å². The molecule has 0 N–H and O–H groups in total. The summed E-state index contributed by atoms with van der Waals surface area (Å²) in [5.74, 6) is 0. The average molecular weight is 384 g/mol. The predicted octanol–water partition coefficient (Wildman–Crippen LogP) is 3.85. The number of hydrogen-bond acceptors (Lipinski definition) is 2. The SMILES string of the molecule is Cc1nn(Cc2ccn(C3CCCCC3)n2)c(C)c1I. The third kappa shape index (κ3) is 2.77. The van der Waals surface area contributed by atoms with Crippen LogP contribution in [0.2, 0.25) is 0 Å². The van der Waals surface area contributed by atoms with Gasteiger partial charge in [-0.1, -0.05) is 19.3 Å². The first-order valence-corrected chi connectivity index (χ1v) is 8.46. The zero-order chi connectivity index (χ0) is 14.1. The highest BCUT2D eigenvalue weighted by atomic mass is 127. The minimum atomic E-state index is 0.609. The van der Waals surface area contributed by atoms with Crippen molar-refractivity contribution in [3.63, 3.8) is 0 Å². The lowest BCUT2D eigenvalue weighted by Gasteiger charge is -2.21. The molecule has 0 aromatic carbocycles. The summed E-state index contributed by atoms with van der Waals surface area (Å²) in [6.07, 6.45) is 8.76.